The molecule has 3 unspecified atom stereocenters. The van der Waals surface area contributed by atoms with Crippen LogP contribution in [-0.2, 0) is 20.9 Å². The normalized spacial score (nSPS) is 39.0. The molecule has 36 heavy (non-hydrogen) atoms. The van der Waals surface area contributed by atoms with Crippen molar-refractivity contribution in [1.29, 1.82) is 0 Å². The highest BCUT2D eigenvalue weighted by atomic mass is 16.5. The lowest BCUT2D eigenvalue weighted by Gasteiger charge is -2.59. The number of fused-ring (bicyclic) bond motifs is 5. The van der Waals surface area contributed by atoms with Crippen molar-refractivity contribution in [2.75, 3.05) is 6.61 Å². The van der Waals surface area contributed by atoms with E-state index in [1.807, 2.05) is 13.0 Å². The number of ether oxygens (including phenoxy) is 1. The van der Waals surface area contributed by atoms with Crippen LogP contribution in [0.25, 0.3) is 0 Å². The first-order valence-electron chi connectivity index (χ1n) is 12.8. The number of rotatable bonds is 5. The average Bonchev–Trinajstić information content (AvgIpc) is 3.13. The molecule has 0 spiro atoms. The first-order chi connectivity index (χ1) is 17.0. The van der Waals surface area contributed by atoms with Crippen molar-refractivity contribution in [1.82, 2.24) is 0 Å². The summed E-state index contributed by atoms with van der Waals surface area (Å²) in [7, 11) is 0. The van der Waals surface area contributed by atoms with Gasteiger partial charge in [-0.3, -0.25) is 9.59 Å². The van der Waals surface area contributed by atoms with Crippen LogP contribution in [0.3, 0.4) is 0 Å². The summed E-state index contributed by atoms with van der Waals surface area (Å²) >= 11 is 0. The number of Topliss-reactive ketones (excluding diaryl/α,β-unsaturated/α-hetero) is 1. The topological polar surface area (TPSA) is 121 Å². The van der Waals surface area contributed by atoms with E-state index in [2.05, 4.69) is 6.92 Å². The van der Waals surface area contributed by atoms with Gasteiger partial charge >= 0.3 is 5.97 Å². The maximum absolute atomic E-state index is 13.4. The molecule has 4 aliphatic rings. The monoisotopic (exact) mass is 494 g/mol. The summed E-state index contributed by atoms with van der Waals surface area (Å²) in [5.74, 6) is -1.17. The fraction of sp³-hybridized carbons (Fsp3) is 0.552. The second kappa shape index (κ2) is 8.75. The van der Waals surface area contributed by atoms with Gasteiger partial charge in [-0.25, -0.2) is 4.79 Å². The molecule has 3 N–H and O–H groups in total. The van der Waals surface area contributed by atoms with Gasteiger partial charge in [-0.2, -0.15) is 0 Å². The fourth-order valence-electron chi connectivity index (χ4n) is 7.87. The Morgan fingerprint density at radius 1 is 1.14 bits per heavy atom. The van der Waals surface area contributed by atoms with Crippen molar-refractivity contribution in [3.8, 4) is 0 Å². The molecule has 3 saturated carbocycles. The number of ketones is 2. The van der Waals surface area contributed by atoms with E-state index >= 15 is 0 Å². The van der Waals surface area contributed by atoms with Crippen molar-refractivity contribution < 1.29 is 34.4 Å². The molecule has 0 aliphatic heterocycles. The first kappa shape index (κ1) is 25.1. The number of carbonyl (C=O) groups excluding carboxylic acids is 3. The number of aliphatic hydroxyl groups excluding tert-OH is 2. The van der Waals surface area contributed by atoms with E-state index in [1.165, 1.54) is 12.1 Å². The third-order valence-electron chi connectivity index (χ3n) is 9.82. The molecule has 3 fully saturated rings. The SMILES string of the molecule is C[C@]12C=CC(=O)C=C1CCC1C2[C@@H](O)C[C@@]2(C)C1CC[C@]2(O)C(=O)COC(=O)c1ccc(CO)cc1. The van der Waals surface area contributed by atoms with E-state index in [0.717, 1.165) is 18.4 Å². The largest absolute Gasteiger partial charge is 0.454 e. The van der Waals surface area contributed by atoms with Crippen LogP contribution in [0.5, 0.6) is 0 Å². The van der Waals surface area contributed by atoms with E-state index in [0.29, 0.717) is 12.0 Å². The second-order valence-electron chi connectivity index (χ2n) is 11.5. The Morgan fingerprint density at radius 2 is 1.86 bits per heavy atom. The van der Waals surface area contributed by atoms with Crippen LogP contribution in [-0.4, -0.2) is 51.2 Å². The van der Waals surface area contributed by atoms with Crippen LogP contribution in [0.2, 0.25) is 0 Å². The van der Waals surface area contributed by atoms with Crippen LogP contribution in [0.1, 0.15) is 61.9 Å². The Hall–Kier alpha value is -2.61. The van der Waals surface area contributed by atoms with Crippen molar-refractivity contribution in [3.63, 3.8) is 0 Å². The number of hydrogen-bond acceptors (Lipinski definition) is 7. The summed E-state index contributed by atoms with van der Waals surface area (Å²) in [5, 5.41) is 32.4. The smallest absolute Gasteiger partial charge is 0.338 e. The van der Waals surface area contributed by atoms with Crippen LogP contribution >= 0.6 is 0 Å². The summed E-state index contributed by atoms with van der Waals surface area (Å²) in [5.41, 5.74) is -0.973. The summed E-state index contributed by atoms with van der Waals surface area (Å²) in [4.78, 5) is 37.8. The zero-order valence-electron chi connectivity index (χ0n) is 20.8. The molecule has 0 heterocycles. The van der Waals surface area contributed by atoms with Gasteiger partial charge in [0.05, 0.1) is 18.3 Å². The third kappa shape index (κ3) is 3.63. The fourth-order valence-corrected chi connectivity index (χ4v) is 7.87. The molecule has 7 heteroatoms. The summed E-state index contributed by atoms with van der Waals surface area (Å²) in [6, 6.07) is 6.27. The Bertz CT molecular complexity index is 1150. The van der Waals surface area contributed by atoms with E-state index < -0.39 is 40.9 Å². The minimum Gasteiger partial charge on any atom is -0.454 e. The predicted molar refractivity (Wildman–Crippen MR) is 131 cm³/mol. The standard InChI is InChI=1S/C29H34O7/c1-27-11-9-20(31)13-19(27)7-8-21-22-10-12-29(35,28(22,2)14-23(32)25(21)27)24(33)16-36-26(34)18-5-3-17(15-30)4-6-18/h3-6,9,11,13,21-23,25,30,32,35H,7-8,10,12,14-16H2,1-2H3/t21?,22?,23-,25?,27-,28-,29-/m0/s1. The molecule has 1 aromatic rings. The second-order valence-corrected chi connectivity index (χ2v) is 11.5. The highest BCUT2D eigenvalue weighted by Gasteiger charge is 2.68. The van der Waals surface area contributed by atoms with Gasteiger partial charge < -0.3 is 20.1 Å². The van der Waals surface area contributed by atoms with Gasteiger partial charge in [-0.15, -0.1) is 0 Å². The van der Waals surface area contributed by atoms with Crippen molar-refractivity contribution in [2.45, 2.75) is 64.3 Å². The van der Waals surface area contributed by atoms with Gasteiger partial charge in [0.2, 0.25) is 5.78 Å². The van der Waals surface area contributed by atoms with Gasteiger partial charge in [0.15, 0.2) is 12.4 Å². The lowest BCUT2D eigenvalue weighted by molar-refractivity contribution is -0.178. The maximum Gasteiger partial charge on any atom is 0.338 e. The van der Waals surface area contributed by atoms with Gasteiger partial charge in [-0.1, -0.05) is 37.6 Å². The highest BCUT2D eigenvalue weighted by molar-refractivity contribution is 6.01. The molecule has 7 nitrogen and oxygen atoms in total. The molecule has 192 valence electrons. The Morgan fingerprint density at radius 3 is 2.56 bits per heavy atom. The lowest BCUT2D eigenvalue weighted by Crippen LogP contribution is -2.61. The quantitative estimate of drug-likeness (QED) is 0.538. The van der Waals surface area contributed by atoms with E-state index in [-0.39, 0.29) is 48.5 Å². The average molecular weight is 495 g/mol. The molecule has 4 aliphatic carbocycles. The van der Waals surface area contributed by atoms with Crippen LogP contribution in [0.4, 0.5) is 0 Å². The number of hydrogen-bond donors (Lipinski definition) is 3. The van der Waals surface area contributed by atoms with E-state index in [9.17, 15) is 24.6 Å². The first-order valence-corrected chi connectivity index (χ1v) is 12.8. The summed E-state index contributed by atoms with van der Waals surface area (Å²) in [6.45, 7) is 3.30. The van der Waals surface area contributed by atoms with Crippen molar-refractivity contribution >= 4 is 17.5 Å². The Balaban J connectivity index is 1.34. The number of allylic oxidation sites excluding steroid dienone is 4. The van der Waals surface area contributed by atoms with E-state index in [1.54, 1.807) is 24.3 Å². The number of aliphatic hydroxyl groups is 3. The van der Waals surface area contributed by atoms with Crippen LogP contribution < -0.4 is 0 Å². The molecule has 0 saturated heterocycles. The van der Waals surface area contributed by atoms with Gasteiger partial charge in [0.25, 0.3) is 0 Å². The van der Waals surface area contributed by atoms with E-state index in [4.69, 9.17) is 9.84 Å². The molecule has 0 bridgehead atoms. The highest BCUT2D eigenvalue weighted by Crippen LogP contribution is 2.67. The molecule has 1 aromatic carbocycles. The molecule has 0 aromatic heterocycles. The van der Waals surface area contributed by atoms with Crippen molar-refractivity contribution in [3.05, 3.63) is 59.2 Å². The van der Waals surface area contributed by atoms with Crippen molar-refractivity contribution in [2.24, 2.45) is 28.6 Å². The Kier molecular flexibility index (Phi) is 6.09. The molecule has 0 amide bonds. The number of esters is 1. The molecule has 5 rings (SSSR count). The molecule has 0 radical (unpaired) electrons. The third-order valence-corrected chi connectivity index (χ3v) is 9.82. The van der Waals surface area contributed by atoms with Crippen LogP contribution in [0, 0.1) is 28.6 Å². The van der Waals surface area contributed by atoms with Gasteiger partial charge in [0.1, 0.15) is 5.60 Å². The zero-order valence-corrected chi connectivity index (χ0v) is 20.8. The predicted octanol–water partition coefficient (Wildman–Crippen LogP) is 2.91. The molecular formula is C29H34O7. The summed E-state index contributed by atoms with van der Waals surface area (Å²) in [6.07, 6.45) is 7.23. The van der Waals surface area contributed by atoms with Gasteiger partial charge in [0, 0.05) is 16.7 Å². The van der Waals surface area contributed by atoms with Crippen LogP contribution in [0.15, 0.2) is 48.1 Å². The summed E-state index contributed by atoms with van der Waals surface area (Å²) < 4.78 is 5.27. The minimum atomic E-state index is -1.69. The zero-order chi connectivity index (χ0) is 25.9. The lowest BCUT2D eigenvalue weighted by atomic mass is 9.46. The Labute approximate surface area is 210 Å². The molecular weight excluding hydrogens is 460 g/mol. The maximum atomic E-state index is 13.4. The number of benzene rings is 1. The number of carbonyl (C=O) groups is 3. The molecule has 7 atom stereocenters. The van der Waals surface area contributed by atoms with Gasteiger partial charge in [-0.05, 0) is 73.8 Å². The minimum absolute atomic E-state index is 0.0178.